The fraction of sp³-hybridized carbons (Fsp3) is 0.235. The highest BCUT2D eigenvalue weighted by atomic mass is 35.5. The molecule has 1 fully saturated rings. The van der Waals surface area contributed by atoms with Crippen LogP contribution in [0.1, 0.15) is 23.7 Å². The second-order valence-electron chi connectivity index (χ2n) is 5.29. The number of esters is 1. The highest BCUT2D eigenvalue weighted by molar-refractivity contribution is 6.61. The molecule has 0 amide bonds. The van der Waals surface area contributed by atoms with Crippen LogP contribution in [0.25, 0.3) is 0 Å². The maximum atomic E-state index is 12.4. The van der Waals surface area contributed by atoms with Gasteiger partial charge in [0.25, 0.3) is 0 Å². The summed E-state index contributed by atoms with van der Waals surface area (Å²) in [7, 11) is 0. The Balaban J connectivity index is 1.89. The number of carbonyl (C=O) groups is 1. The van der Waals surface area contributed by atoms with Crippen molar-refractivity contribution in [2.75, 3.05) is 0 Å². The quantitative estimate of drug-likeness (QED) is 0.577. The smallest absolute Gasteiger partial charge is 0.331 e. The first kappa shape index (κ1) is 15.7. The average molecular weight is 356 g/mol. The molecule has 0 N–H and O–H groups in total. The van der Waals surface area contributed by atoms with Gasteiger partial charge in [-0.1, -0.05) is 83.9 Å². The van der Waals surface area contributed by atoms with Gasteiger partial charge in [0, 0.05) is 6.42 Å². The first-order chi connectivity index (χ1) is 10.4. The molecule has 114 valence electrons. The zero-order chi connectivity index (χ0) is 15.8. The van der Waals surface area contributed by atoms with Crippen molar-refractivity contribution >= 4 is 40.8 Å². The molecule has 2 nitrogen and oxygen atoms in total. The standard InChI is InChI=1S/C17H13Cl3O2/c18-16(11-17(16,19)20)15(21)22-14(12-7-3-1-4-8-12)13-9-5-2-6-10-13/h1-10,14H,11H2. The normalized spacial score (nSPS) is 22.4. The molecule has 1 saturated carbocycles. The third kappa shape index (κ3) is 2.83. The third-order valence-electron chi connectivity index (χ3n) is 3.67. The molecule has 1 unspecified atom stereocenters. The zero-order valence-corrected chi connectivity index (χ0v) is 13.8. The van der Waals surface area contributed by atoms with E-state index >= 15 is 0 Å². The lowest BCUT2D eigenvalue weighted by Crippen LogP contribution is -2.27. The molecule has 5 heteroatoms. The monoisotopic (exact) mass is 354 g/mol. The van der Waals surface area contributed by atoms with E-state index < -0.39 is 21.3 Å². The number of carbonyl (C=O) groups excluding carboxylic acids is 1. The first-order valence-electron chi connectivity index (χ1n) is 6.82. The van der Waals surface area contributed by atoms with Crippen LogP contribution in [-0.2, 0) is 9.53 Å². The summed E-state index contributed by atoms with van der Waals surface area (Å²) in [5.41, 5.74) is 1.72. The molecule has 2 aromatic rings. The van der Waals surface area contributed by atoms with E-state index in [1.54, 1.807) is 0 Å². The van der Waals surface area contributed by atoms with Gasteiger partial charge < -0.3 is 4.74 Å². The van der Waals surface area contributed by atoms with Crippen molar-refractivity contribution in [2.24, 2.45) is 0 Å². The molecule has 0 heterocycles. The van der Waals surface area contributed by atoms with Crippen LogP contribution in [0, 0.1) is 0 Å². The summed E-state index contributed by atoms with van der Waals surface area (Å²) in [6, 6.07) is 18.9. The van der Waals surface area contributed by atoms with E-state index in [0.29, 0.717) is 0 Å². The first-order valence-corrected chi connectivity index (χ1v) is 7.95. The van der Waals surface area contributed by atoms with Gasteiger partial charge in [0.1, 0.15) is 0 Å². The summed E-state index contributed by atoms with van der Waals surface area (Å²) in [6.07, 6.45) is -0.366. The molecule has 0 bridgehead atoms. The number of benzene rings is 2. The van der Waals surface area contributed by atoms with Gasteiger partial charge in [-0.05, 0) is 11.1 Å². The maximum absolute atomic E-state index is 12.4. The van der Waals surface area contributed by atoms with Crippen LogP contribution in [0.5, 0.6) is 0 Å². The highest BCUT2D eigenvalue weighted by Crippen LogP contribution is 2.62. The number of hydrogen-bond donors (Lipinski definition) is 0. The fourth-order valence-corrected chi connectivity index (χ4v) is 3.20. The van der Waals surface area contributed by atoms with Crippen LogP contribution in [0.3, 0.4) is 0 Å². The van der Waals surface area contributed by atoms with Gasteiger partial charge in [-0.3, -0.25) is 0 Å². The molecule has 2 aromatic carbocycles. The Kier molecular flexibility index (Phi) is 4.11. The van der Waals surface area contributed by atoms with Crippen molar-refractivity contribution in [3.05, 3.63) is 71.8 Å². The Labute approximate surface area is 143 Å². The van der Waals surface area contributed by atoms with Crippen LogP contribution >= 0.6 is 34.8 Å². The van der Waals surface area contributed by atoms with Crippen LogP contribution in [0.4, 0.5) is 0 Å². The number of alkyl halides is 3. The Morgan fingerprint density at radius 2 is 1.32 bits per heavy atom. The van der Waals surface area contributed by atoms with Crippen molar-refractivity contribution in [3.63, 3.8) is 0 Å². The number of rotatable bonds is 4. The Hall–Kier alpha value is -1.22. The van der Waals surface area contributed by atoms with Crippen molar-refractivity contribution in [1.82, 2.24) is 0 Å². The van der Waals surface area contributed by atoms with Gasteiger partial charge in [-0.25, -0.2) is 4.79 Å². The van der Waals surface area contributed by atoms with Crippen molar-refractivity contribution in [2.45, 2.75) is 21.7 Å². The van der Waals surface area contributed by atoms with E-state index in [1.807, 2.05) is 60.7 Å². The van der Waals surface area contributed by atoms with E-state index in [-0.39, 0.29) is 6.42 Å². The average Bonchev–Trinajstić information content (AvgIpc) is 3.06. The van der Waals surface area contributed by atoms with E-state index in [1.165, 1.54) is 0 Å². The second kappa shape index (κ2) is 5.77. The predicted octanol–water partition coefficient (Wildman–Crippen LogP) is 4.87. The van der Waals surface area contributed by atoms with Crippen LogP contribution < -0.4 is 0 Å². The van der Waals surface area contributed by atoms with E-state index in [0.717, 1.165) is 11.1 Å². The van der Waals surface area contributed by atoms with Crippen molar-refractivity contribution < 1.29 is 9.53 Å². The largest absolute Gasteiger partial charge is 0.451 e. The fourth-order valence-electron chi connectivity index (χ4n) is 2.27. The summed E-state index contributed by atoms with van der Waals surface area (Å²) in [5.74, 6) is -0.600. The summed E-state index contributed by atoms with van der Waals surface area (Å²) >= 11 is 18.1. The van der Waals surface area contributed by atoms with Crippen molar-refractivity contribution in [1.29, 1.82) is 0 Å². The molecule has 0 radical (unpaired) electrons. The van der Waals surface area contributed by atoms with E-state index in [2.05, 4.69) is 0 Å². The van der Waals surface area contributed by atoms with Gasteiger partial charge in [0.2, 0.25) is 0 Å². The van der Waals surface area contributed by atoms with Gasteiger partial charge in [0.05, 0.1) is 0 Å². The zero-order valence-electron chi connectivity index (χ0n) is 11.5. The molecule has 1 aliphatic rings. The minimum atomic E-state index is -1.36. The summed E-state index contributed by atoms with van der Waals surface area (Å²) < 4.78 is 4.39. The molecule has 3 rings (SSSR count). The molecule has 0 aliphatic heterocycles. The predicted molar refractivity (Wildman–Crippen MR) is 88.5 cm³/mol. The lowest BCUT2D eigenvalue weighted by molar-refractivity contribution is -0.148. The van der Waals surface area contributed by atoms with Gasteiger partial charge in [0.15, 0.2) is 15.3 Å². The maximum Gasteiger partial charge on any atom is 0.331 e. The number of halogens is 3. The summed E-state index contributed by atoms with van der Waals surface area (Å²) in [5, 5.41) is 0. The van der Waals surface area contributed by atoms with Crippen LogP contribution in [0.15, 0.2) is 60.7 Å². The van der Waals surface area contributed by atoms with Gasteiger partial charge in [-0.15, -0.1) is 11.6 Å². The molecular formula is C17H13Cl3O2. The summed E-state index contributed by atoms with van der Waals surface area (Å²) in [6.45, 7) is 0. The SMILES string of the molecule is O=C(OC(c1ccccc1)c1ccccc1)C1(Cl)CC1(Cl)Cl. The minimum Gasteiger partial charge on any atom is -0.451 e. The Morgan fingerprint density at radius 1 is 0.909 bits per heavy atom. The van der Waals surface area contributed by atoms with Gasteiger partial charge in [-0.2, -0.15) is 0 Å². The Morgan fingerprint density at radius 3 is 1.68 bits per heavy atom. The van der Waals surface area contributed by atoms with E-state index in [9.17, 15) is 4.79 Å². The number of hydrogen-bond acceptors (Lipinski definition) is 2. The molecule has 0 saturated heterocycles. The highest BCUT2D eigenvalue weighted by Gasteiger charge is 2.72. The van der Waals surface area contributed by atoms with Crippen LogP contribution in [0.2, 0.25) is 0 Å². The summed E-state index contributed by atoms with van der Waals surface area (Å²) in [4.78, 5) is 11.0. The molecular weight excluding hydrogens is 343 g/mol. The molecule has 1 aliphatic carbocycles. The lowest BCUT2D eigenvalue weighted by atomic mass is 10.0. The minimum absolute atomic E-state index is 0.180. The molecule has 1 atom stereocenters. The lowest BCUT2D eigenvalue weighted by Gasteiger charge is -2.21. The molecule has 0 spiro atoms. The van der Waals surface area contributed by atoms with Crippen LogP contribution in [-0.4, -0.2) is 15.2 Å². The van der Waals surface area contributed by atoms with Crippen molar-refractivity contribution in [3.8, 4) is 0 Å². The molecule has 22 heavy (non-hydrogen) atoms. The number of ether oxygens (including phenoxy) is 1. The molecule has 0 aromatic heterocycles. The Bertz CT molecular complexity index is 633. The third-order valence-corrected chi connectivity index (χ3v) is 5.39. The van der Waals surface area contributed by atoms with Gasteiger partial charge >= 0.3 is 5.97 Å². The topological polar surface area (TPSA) is 26.3 Å². The van der Waals surface area contributed by atoms with E-state index in [4.69, 9.17) is 39.5 Å². The second-order valence-corrected chi connectivity index (χ2v) is 7.42.